The van der Waals surface area contributed by atoms with E-state index in [1.54, 1.807) is 10.9 Å². The van der Waals surface area contributed by atoms with E-state index < -0.39 is 11.2 Å². The van der Waals surface area contributed by atoms with Gasteiger partial charge in [0.1, 0.15) is 17.5 Å². The molecule has 1 unspecified atom stereocenters. The Kier molecular flexibility index (Phi) is 7.68. The van der Waals surface area contributed by atoms with Crippen LogP contribution in [0.25, 0.3) is 0 Å². The van der Waals surface area contributed by atoms with E-state index in [2.05, 4.69) is 15.6 Å². The molecule has 1 heterocycles. The Labute approximate surface area is 173 Å². The lowest BCUT2D eigenvalue weighted by molar-refractivity contribution is 0.0517. The molecule has 1 aromatic heterocycles. The minimum Gasteiger partial charge on any atom is -0.444 e. The van der Waals surface area contributed by atoms with Gasteiger partial charge in [-0.05, 0) is 80.2 Å². The molecule has 1 aliphatic carbocycles. The van der Waals surface area contributed by atoms with Crippen LogP contribution in [0.5, 0.6) is 0 Å². The van der Waals surface area contributed by atoms with E-state index in [4.69, 9.17) is 9.47 Å². The number of rotatable bonds is 6. The lowest BCUT2D eigenvalue weighted by atomic mass is 9.95. The fraction of sp³-hybridized carbons (Fsp3) is 0.762. The highest BCUT2D eigenvalue weighted by molar-refractivity contribution is 5.72. The average molecular weight is 409 g/mol. The van der Waals surface area contributed by atoms with Crippen LogP contribution in [0.3, 0.4) is 0 Å². The number of amides is 1. The molecule has 0 fully saturated rings. The van der Waals surface area contributed by atoms with E-state index in [1.165, 1.54) is 0 Å². The minimum atomic E-state index is -0.549. The van der Waals surface area contributed by atoms with Crippen molar-refractivity contribution in [2.24, 2.45) is 0 Å². The topological polar surface area (TPSA) is 94.5 Å². The molecule has 1 atom stereocenters. The Bertz CT molecular complexity index is 701. The van der Waals surface area contributed by atoms with Gasteiger partial charge in [0.25, 0.3) is 0 Å². The van der Waals surface area contributed by atoms with Crippen LogP contribution in [0.15, 0.2) is 6.33 Å². The zero-order valence-corrected chi connectivity index (χ0v) is 18.6. The largest absolute Gasteiger partial charge is 0.444 e. The van der Waals surface area contributed by atoms with E-state index in [1.807, 2.05) is 41.5 Å². The second-order valence-electron chi connectivity index (χ2n) is 9.46. The lowest BCUT2D eigenvalue weighted by Gasteiger charge is -2.26. The first-order valence-corrected chi connectivity index (χ1v) is 10.5. The number of aromatic nitrogens is 2. The Morgan fingerprint density at radius 2 is 1.76 bits per heavy atom. The predicted octanol–water partition coefficient (Wildman–Crippen LogP) is 3.94. The van der Waals surface area contributed by atoms with Crippen molar-refractivity contribution in [2.75, 3.05) is 13.1 Å². The quantitative estimate of drug-likeness (QED) is 0.693. The third-order valence-corrected chi connectivity index (χ3v) is 4.37. The number of carbonyl (C=O) groups is 2. The van der Waals surface area contributed by atoms with E-state index >= 15 is 0 Å². The number of hydrogen-bond acceptors (Lipinski definition) is 6. The summed E-state index contributed by atoms with van der Waals surface area (Å²) in [6, 6.07) is 0.0765. The molecule has 0 saturated carbocycles. The Hall–Kier alpha value is -2.09. The molecule has 8 heteroatoms. The fourth-order valence-corrected chi connectivity index (χ4v) is 3.25. The molecule has 0 bridgehead atoms. The molecule has 0 spiro atoms. The predicted molar refractivity (Wildman–Crippen MR) is 111 cm³/mol. The summed E-state index contributed by atoms with van der Waals surface area (Å²) >= 11 is 0. The van der Waals surface area contributed by atoms with Crippen LogP contribution in [0.4, 0.5) is 9.59 Å². The van der Waals surface area contributed by atoms with Crippen LogP contribution in [0.2, 0.25) is 0 Å². The number of hydrogen-bond donors (Lipinski definition) is 2. The molecule has 0 aliphatic heterocycles. The van der Waals surface area contributed by atoms with Crippen molar-refractivity contribution in [3.63, 3.8) is 0 Å². The van der Waals surface area contributed by atoms with Gasteiger partial charge >= 0.3 is 12.2 Å². The second kappa shape index (κ2) is 9.61. The molecule has 0 aromatic carbocycles. The van der Waals surface area contributed by atoms with Crippen molar-refractivity contribution in [3.05, 3.63) is 17.7 Å². The van der Waals surface area contributed by atoms with Crippen LogP contribution in [0, 0.1) is 0 Å². The van der Waals surface area contributed by atoms with Gasteiger partial charge in [0.15, 0.2) is 0 Å². The molecule has 0 saturated heterocycles. The van der Waals surface area contributed by atoms with Crippen molar-refractivity contribution < 1.29 is 19.1 Å². The summed E-state index contributed by atoms with van der Waals surface area (Å²) in [5.41, 5.74) is 0.845. The summed E-state index contributed by atoms with van der Waals surface area (Å²) in [5.74, 6) is 0. The first-order chi connectivity index (χ1) is 13.5. The number of nitrogens with one attached hydrogen (secondary N) is 2. The van der Waals surface area contributed by atoms with Crippen LogP contribution in [0.1, 0.15) is 84.7 Å². The molecule has 2 rings (SSSR count). The summed E-state index contributed by atoms with van der Waals surface area (Å²) in [6.45, 7) is 12.5. The highest BCUT2D eigenvalue weighted by atomic mass is 16.6. The number of unbranched alkanes of at least 4 members (excludes halogenated alkanes) is 1. The van der Waals surface area contributed by atoms with Crippen molar-refractivity contribution in [1.29, 1.82) is 0 Å². The molecule has 2 N–H and O–H groups in total. The van der Waals surface area contributed by atoms with Crippen LogP contribution < -0.4 is 10.6 Å². The number of aryl methyl sites for hydroxylation is 1. The summed E-state index contributed by atoms with van der Waals surface area (Å²) in [4.78, 5) is 28.6. The van der Waals surface area contributed by atoms with Crippen LogP contribution >= 0.6 is 0 Å². The highest BCUT2D eigenvalue weighted by Gasteiger charge is 2.29. The van der Waals surface area contributed by atoms with Crippen molar-refractivity contribution >= 4 is 12.2 Å². The first kappa shape index (κ1) is 23.2. The van der Waals surface area contributed by atoms with Crippen molar-refractivity contribution in [2.45, 2.75) is 90.9 Å². The van der Waals surface area contributed by atoms with Gasteiger partial charge in [-0.2, -0.15) is 0 Å². The zero-order valence-electron chi connectivity index (χ0n) is 18.6. The molecule has 1 amide bonds. The Balaban J connectivity index is 1.81. The summed E-state index contributed by atoms with van der Waals surface area (Å²) in [7, 11) is 0. The van der Waals surface area contributed by atoms with E-state index in [0.29, 0.717) is 6.54 Å². The molecule has 29 heavy (non-hydrogen) atoms. The van der Waals surface area contributed by atoms with Gasteiger partial charge in [-0.15, -0.1) is 0 Å². The number of alkyl carbamates (subject to hydrolysis) is 1. The van der Waals surface area contributed by atoms with Crippen molar-refractivity contribution in [3.8, 4) is 0 Å². The Morgan fingerprint density at radius 1 is 1.10 bits per heavy atom. The molecule has 1 aromatic rings. The highest BCUT2D eigenvalue weighted by Crippen LogP contribution is 2.29. The maximum absolute atomic E-state index is 12.5. The molecular formula is C21H36N4O4. The zero-order chi connectivity index (χ0) is 21.7. The standard InChI is InChI=1S/C21H36N4O4/c1-20(2,3)28-18(26)23-13-8-7-12-22-15-10-9-11-16-17(15)25(14-24-16)19(27)29-21(4,5)6/h14-15,22H,7-13H2,1-6H3,(H,23,26). The smallest absolute Gasteiger partial charge is 0.420 e. The van der Waals surface area contributed by atoms with E-state index in [-0.39, 0.29) is 18.2 Å². The third kappa shape index (κ3) is 7.68. The maximum atomic E-state index is 12.5. The van der Waals surface area contributed by atoms with Gasteiger partial charge in [0.2, 0.25) is 0 Å². The van der Waals surface area contributed by atoms with Gasteiger partial charge in [0, 0.05) is 12.6 Å². The number of ether oxygens (including phenoxy) is 2. The second-order valence-corrected chi connectivity index (χ2v) is 9.46. The maximum Gasteiger partial charge on any atom is 0.420 e. The van der Waals surface area contributed by atoms with Gasteiger partial charge in [-0.3, -0.25) is 0 Å². The van der Waals surface area contributed by atoms with E-state index in [9.17, 15) is 9.59 Å². The number of nitrogens with zero attached hydrogens (tertiary/aromatic N) is 2. The number of fused-ring (bicyclic) bond motifs is 1. The molecular weight excluding hydrogens is 372 g/mol. The van der Waals surface area contributed by atoms with Gasteiger partial charge < -0.3 is 20.1 Å². The Morgan fingerprint density at radius 3 is 2.41 bits per heavy atom. The fourth-order valence-electron chi connectivity index (χ4n) is 3.25. The van der Waals surface area contributed by atoms with Crippen molar-refractivity contribution in [1.82, 2.24) is 20.2 Å². The molecule has 8 nitrogen and oxygen atoms in total. The van der Waals surface area contributed by atoms with Gasteiger partial charge in [-0.1, -0.05) is 0 Å². The minimum absolute atomic E-state index is 0.0765. The van der Waals surface area contributed by atoms with Gasteiger partial charge in [-0.25, -0.2) is 19.1 Å². The summed E-state index contributed by atoms with van der Waals surface area (Å²) < 4.78 is 12.3. The van der Waals surface area contributed by atoms with Crippen LogP contribution in [-0.2, 0) is 15.9 Å². The summed E-state index contributed by atoms with van der Waals surface area (Å²) in [5, 5.41) is 6.31. The first-order valence-electron chi connectivity index (χ1n) is 10.5. The monoisotopic (exact) mass is 408 g/mol. The number of imidazole rings is 1. The normalized spacial score (nSPS) is 16.8. The molecule has 0 radical (unpaired) electrons. The SMILES string of the molecule is CC(C)(C)OC(=O)NCCCCNC1CCCc2ncn(C(=O)OC(C)(C)C)c21. The third-order valence-electron chi connectivity index (χ3n) is 4.37. The van der Waals surface area contributed by atoms with Gasteiger partial charge in [0.05, 0.1) is 11.4 Å². The average Bonchev–Trinajstić information content (AvgIpc) is 2.99. The molecule has 1 aliphatic rings. The lowest BCUT2D eigenvalue weighted by Crippen LogP contribution is -2.34. The molecule has 164 valence electrons. The van der Waals surface area contributed by atoms with E-state index in [0.717, 1.165) is 50.0 Å². The summed E-state index contributed by atoms with van der Waals surface area (Å²) in [6.07, 6.45) is 5.42. The van der Waals surface area contributed by atoms with Crippen LogP contribution in [-0.4, -0.2) is 46.0 Å². The number of carbonyl (C=O) groups excluding carboxylic acids is 2.